The SMILES string of the molecule is Cc1ncc(Cl)c(C(C)Oc2ccc3[nH]nc(-c4ccc(N5CC6(C5)CN(S(C)(=O)=O)C6)nc4)c3c2)c1Cl. The second-order valence-corrected chi connectivity index (χ2v) is 13.0. The summed E-state index contributed by atoms with van der Waals surface area (Å²) in [5.41, 5.74) is 3.98. The largest absolute Gasteiger partial charge is 0.486 e. The Balaban J connectivity index is 1.18. The molecule has 0 amide bonds. The second-order valence-electron chi connectivity index (χ2n) is 10.3. The summed E-state index contributed by atoms with van der Waals surface area (Å²) in [6.07, 6.45) is 4.28. The van der Waals surface area contributed by atoms with Gasteiger partial charge in [0.25, 0.3) is 0 Å². The van der Waals surface area contributed by atoms with Crippen molar-refractivity contribution in [2.75, 3.05) is 37.3 Å². The van der Waals surface area contributed by atoms with Gasteiger partial charge in [0.1, 0.15) is 23.4 Å². The molecule has 1 spiro atoms. The zero-order valence-electron chi connectivity index (χ0n) is 21.1. The van der Waals surface area contributed by atoms with Crippen LogP contribution in [0.1, 0.15) is 24.3 Å². The molecule has 2 aliphatic rings. The molecule has 1 aromatic carbocycles. The number of hydrogen-bond donors (Lipinski definition) is 1. The number of nitrogens with one attached hydrogen (secondary N) is 1. The number of aryl methyl sites for hydroxylation is 1. The van der Waals surface area contributed by atoms with Gasteiger partial charge in [0.15, 0.2) is 0 Å². The quantitative estimate of drug-likeness (QED) is 0.352. The number of H-pyrrole nitrogens is 1. The van der Waals surface area contributed by atoms with Gasteiger partial charge in [-0.15, -0.1) is 0 Å². The molecule has 1 N–H and O–H groups in total. The fraction of sp³-hybridized carbons (Fsp3) is 0.346. The highest BCUT2D eigenvalue weighted by Gasteiger charge is 2.54. The number of pyridine rings is 2. The van der Waals surface area contributed by atoms with Crippen molar-refractivity contribution >= 4 is 49.9 Å². The lowest BCUT2D eigenvalue weighted by molar-refractivity contribution is 0.0395. The van der Waals surface area contributed by atoms with Crippen molar-refractivity contribution in [2.24, 2.45) is 5.41 Å². The molecule has 3 aromatic heterocycles. The van der Waals surface area contributed by atoms with Crippen LogP contribution < -0.4 is 9.64 Å². The number of sulfonamides is 1. The Morgan fingerprint density at radius 2 is 1.84 bits per heavy atom. The maximum absolute atomic E-state index is 11.7. The first-order valence-electron chi connectivity index (χ1n) is 12.1. The molecule has 9 nitrogen and oxygen atoms in total. The third kappa shape index (κ3) is 4.39. The van der Waals surface area contributed by atoms with Gasteiger partial charge in [-0.1, -0.05) is 23.2 Å². The topological polar surface area (TPSA) is 104 Å². The average molecular weight is 574 g/mol. The Morgan fingerprint density at radius 1 is 1.08 bits per heavy atom. The summed E-state index contributed by atoms with van der Waals surface area (Å²) in [7, 11) is -3.11. The molecular weight excluding hydrogens is 547 g/mol. The molecular formula is C26H26Cl2N6O3S. The molecule has 12 heteroatoms. The van der Waals surface area contributed by atoms with Crippen LogP contribution in [0.15, 0.2) is 42.7 Å². The number of nitrogens with zero attached hydrogens (tertiary/aromatic N) is 5. The van der Waals surface area contributed by atoms with Crippen molar-refractivity contribution in [3.05, 3.63) is 64.0 Å². The van der Waals surface area contributed by atoms with Crippen LogP contribution in [-0.4, -0.2) is 65.3 Å². The Kier molecular flexibility index (Phi) is 6.06. The van der Waals surface area contributed by atoms with Gasteiger partial charge in [0.05, 0.1) is 27.5 Å². The van der Waals surface area contributed by atoms with Gasteiger partial charge >= 0.3 is 0 Å². The van der Waals surface area contributed by atoms with Crippen molar-refractivity contribution in [3.8, 4) is 17.0 Å². The molecule has 0 saturated carbocycles. The number of rotatable bonds is 6. The average Bonchev–Trinajstić information content (AvgIpc) is 3.23. The lowest BCUT2D eigenvalue weighted by Crippen LogP contribution is -2.73. The zero-order valence-corrected chi connectivity index (χ0v) is 23.4. The predicted octanol–water partition coefficient (Wildman–Crippen LogP) is 4.86. The summed E-state index contributed by atoms with van der Waals surface area (Å²) in [4.78, 5) is 11.0. The summed E-state index contributed by atoms with van der Waals surface area (Å²) >= 11 is 12.8. The van der Waals surface area contributed by atoms with Crippen LogP contribution in [0.4, 0.5) is 5.82 Å². The third-order valence-corrected chi connectivity index (χ3v) is 9.30. The molecule has 6 rings (SSSR count). The predicted molar refractivity (Wildman–Crippen MR) is 148 cm³/mol. The van der Waals surface area contributed by atoms with E-state index in [4.69, 9.17) is 27.9 Å². The van der Waals surface area contributed by atoms with Crippen molar-refractivity contribution in [2.45, 2.75) is 20.0 Å². The summed E-state index contributed by atoms with van der Waals surface area (Å²) in [5.74, 6) is 1.53. The summed E-state index contributed by atoms with van der Waals surface area (Å²) in [6, 6.07) is 9.73. The van der Waals surface area contributed by atoms with Crippen LogP contribution in [0.3, 0.4) is 0 Å². The van der Waals surface area contributed by atoms with Gasteiger partial charge < -0.3 is 9.64 Å². The minimum absolute atomic E-state index is 0.0543. The first kappa shape index (κ1) is 25.4. The number of anilines is 1. The lowest BCUT2D eigenvalue weighted by Gasteiger charge is -2.59. The Hall–Kier alpha value is -2.92. The number of benzene rings is 1. The van der Waals surface area contributed by atoms with Gasteiger partial charge in [0.2, 0.25) is 10.0 Å². The van der Waals surface area contributed by atoms with E-state index in [1.807, 2.05) is 50.4 Å². The van der Waals surface area contributed by atoms with E-state index >= 15 is 0 Å². The summed E-state index contributed by atoms with van der Waals surface area (Å²) in [5, 5.41) is 9.47. The zero-order chi connectivity index (χ0) is 26.8. The lowest BCUT2D eigenvalue weighted by atomic mass is 9.74. The van der Waals surface area contributed by atoms with E-state index in [1.165, 1.54) is 10.6 Å². The number of aromatic nitrogens is 4. The molecule has 1 atom stereocenters. The number of ether oxygens (including phenoxy) is 1. The van der Waals surface area contributed by atoms with Crippen molar-refractivity contribution in [3.63, 3.8) is 0 Å². The molecule has 0 bridgehead atoms. The van der Waals surface area contributed by atoms with E-state index < -0.39 is 10.0 Å². The standard InChI is InChI=1S/C26H26Cl2N6O3S/c1-15-24(28)23(20(27)10-29-15)16(2)37-18-5-6-21-19(8-18)25(32-31-21)17-4-7-22(30-9-17)33-11-26(12-33)13-34(14-26)38(3,35)36/h4-10,16H,11-14H2,1-3H3,(H,31,32). The molecule has 38 heavy (non-hydrogen) atoms. The maximum Gasteiger partial charge on any atom is 0.211 e. The molecule has 2 saturated heterocycles. The molecule has 4 aromatic rings. The first-order valence-corrected chi connectivity index (χ1v) is 14.8. The number of halogens is 2. The second kappa shape index (κ2) is 9.08. The van der Waals surface area contributed by atoms with E-state index in [0.717, 1.165) is 41.1 Å². The molecule has 0 aliphatic carbocycles. The fourth-order valence-corrected chi connectivity index (χ4v) is 6.94. The highest BCUT2D eigenvalue weighted by molar-refractivity contribution is 7.88. The number of fused-ring (bicyclic) bond motifs is 1. The smallest absolute Gasteiger partial charge is 0.211 e. The van der Waals surface area contributed by atoms with Crippen molar-refractivity contribution in [1.29, 1.82) is 0 Å². The molecule has 0 radical (unpaired) electrons. The van der Waals surface area contributed by atoms with E-state index in [0.29, 0.717) is 40.1 Å². The Bertz CT molecular complexity index is 1640. The molecule has 5 heterocycles. The van der Waals surface area contributed by atoms with Gasteiger partial charge in [-0.05, 0) is 44.2 Å². The van der Waals surface area contributed by atoms with E-state index in [2.05, 4.69) is 25.1 Å². The van der Waals surface area contributed by atoms with Crippen LogP contribution in [0, 0.1) is 12.3 Å². The van der Waals surface area contributed by atoms with Gasteiger partial charge in [-0.3, -0.25) is 10.1 Å². The summed E-state index contributed by atoms with van der Waals surface area (Å²) < 4.78 is 31.1. The minimum atomic E-state index is -3.11. The number of aromatic amines is 1. The maximum atomic E-state index is 11.7. The van der Waals surface area contributed by atoms with Crippen LogP contribution in [0.5, 0.6) is 5.75 Å². The molecule has 198 valence electrons. The fourth-order valence-electron chi connectivity index (χ4n) is 5.28. The minimum Gasteiger partial charge on any atom is -0.486 e. The van der Waals surface area contributed by atoms with Gasteiger partial charge in [-0.25, -0.2) is 17.7 Å². The van der Waals surface area contributed by atoms with Crippen molar-refractivity contribution in [1.82, 2.24) is 24.5 Å². The normalized spacial score (nSPS) is 17.9. The molecule has 1 unspecified atom stereocenters. The van der Waals surface area contributed by atoms with Crippen LogP contribution in [0.2, 0.25) is 10.0 Å². The summed E-state index contributed by atoms with van der Waals surface area (Å²) in [6.45, 7) is 6.51. The van der Waals surface area contributed by atoms with Gasteiger partial charge in [0, 0.05) is 60.5 Å². The highest BCUT2D eigenvalue weighted by Crippen LogP contribution is 2.42. The molecule has 2 aliphatic heterocycles. The first-order chi connectivity index (χ1) is 18.0. The molecule has 2 fully saturated rings. The highest BCUT2D eigenvalue weighted by atomic mass is 35.5. The van der Waals surface area contributed by atoms with Crippen LogP contribution in [0.25, 0.3) is 22.2 Å². The number of hydrogen-bond acceptors (Lipinski definition) is 7. The van der Waals surface area contributed by atoms with Gasteiger partial charge in [-0.2, -0.15) is 5.10 Å². The van der Waals surface area contributed by atoms with Crippen LogP contribution >= 0.6 is 23.2 Å². The third-order valence-electron chi connectivity index (χ3n) is 7.33. The monoisotopic (exact) mass is 572 g/mol. The Labute approximate surface area is 230 Å². The van der Waals surface area contributed by atoms with E-state index in [-0.39, 0.29) is 11.5 Å². The van der Waals surface area contributed by atoms with E-state index in [1.54, 1.807) is 6.20 Å². The van der Waals surface area contributed by atoms with E-state index in [9.17, 15) is 8.42 Å². The van der Waals surface area contributed by atoms with Crippen LogP contribution in [-0.2, 0) is 10.0 Å². The Morgan fingerprint density at radius 3 is 2.53 bits per heavy atom. The van der Waals surface area contributed by atoms with Crippen molar-refractivity contribution < 1.29 is 13.2 Å².